The summed E-state index contributed by atoms with van der Waals surface area (Å²) >= 11 is 7.20. The molecule has 3 aromatic rings. The predicted octanol–water partition coefficient (Wildman–Crippen LogP) is 6.60. The average Bonchev–Trinajstić information content (AvgIpc) is 3.12. The number of nitro groups is 1. The number of carbonyl (C=O) groups excluding carboxylic acids is 2. The third kappa shape index (κ3) is 6.10. The molecule has 0 aromatic heterocycles. The van der Waals surface area contributed by atoms with Crippen LogP contribution in [0, 0.1) is 15.9 Å². The summed E-state index contributed by atoms with van der Waals surface area (Å²) < 4.78 is 24.7. The van der Waals surface area contributed by atoms with Crippen LogP contribution in [0.3, 0.4) is 0 Å². The van der Waals surface area contributed by atoms with E-state index in [4.69, 9.17) is 21.1 Å². The number of hydrogen-bond acceptors (Lipinski definition) is 7. The fourth-order valence-corrected chi connectivity index (χ4v) is 4.70. The quantitative estimate of drug-likeness (QED) is 0.170. The maximum atomic E-state index is 13.2. The second-order valence-electron chi connectivity index (χ2n) is 7.83. The van der Waals surface area contributed by atoms with E-state index in [1.807, 2.05) is 0 Å². The summed E-state index contributed by atoms with van der Waals surface area (Å²) in [6.07, 6.45) is 1.50. The first-order valence-corrected chi connectivity index (χ1v) is 12.3. The third-order valence-electron chi connectivity index (χ3n) is 5.32. The minimum absolute atomic E-state index is 0.129. The average molecular weight is 543 g/mol. The zero-order chi connectivity index (χ0) is 26.5. The number of halogens is 2. The summed E-state index contributed by atoms with van der Waals surface area (Å²) in [5.74, 6) is -0.302. The Morgan fingerprint density at radius 1 is 1.11 bits per heavy atom. The Balaban J connectivity index is 1.56. The summed E-state index contributed by atoms with van der Waals surface area (Å²) in [7, 11) is 0. The SMILES string of the molecule is CCOc1cc(/C=C2\SC(=O)N(Cc3ccccc3[N+](=O)[O-])C2=O)cc(Cl)c1OCc1ccc(F)cc1. The molecule has 1 fully saturated rings. The molecule has 1 aliphatic heterocycles. The number of ether oxygens (including phenoxy) is 2. The number of rotatable bonds is 9. The molecule has 0 bridgehead atoms. The van der Waals surface area contributed by atoms with Gasteiger partial charge in [0.25, 0.3) is 16.8 Å². The molecule has 0 N–H and O–H groups in total. The normalized spacial score (nSPS) is 14.4. The molecule has 0 radical (unpaired) electrons. The molecule has 0 spiro atoms. The van der Waals surface area contributed by atoms with Gasteiger partial charge in [-0.25, -0.2) is 4.39 Å². The number of hydrogen-bond donors (Lipinski definition) is 0. The molecule has 190 valence electrons. The van der Waals surface area contributed by atoms with Gasteiger partial charge >= 0.3 is 0 Å². The van der Waals surface area contributed by atoms with Gasteiger partial charge in [-0.1, -0.05) is 41.9 Å². The number of imide groups is 1. The fourth-order valence-electron chi connectivity index (χ4n) is 3.59. The van der Waals surface area contributed by atoms with Crippen LogP contribution in [0.1, 0.15) is 23.6 Å². The Kier molecular flexibility index (Phi) is 8.10. The molecule has 3 aromatic carbocycles. The molecule has 1 heterocycles. The number of nitrogens with zero attached hydrogens (tertiary/aromatic N) is 2. The molecule has 0 aliphatic carbocycles. The van der Waals surface area contributed by atoms with Gasteiger partial charge in [0.05, 0.1) is 28.0 Å². The zero-order valence-corrected chi connectivity index (χ0v) is 21.1. The number of thioether (sulfide) groups is 1. The smallest absolute Gasteiger partial charge is 0.293 e. The van der Waals surface area contributed by atoms with E-state index in [9.17, 15) is 24.1 Å². The van der Waals surface area contributed by atoms with Crippen molar-refractivity contribution < 1.29 is 28.4 Å². The fraction of sp³-hybridized carbons (Fsp3) is 0.154. The molecule has 0 unspecified atom stereocenters. The van der Waals surface area contributed by atoms with Crippen molar-refractivity contribution in [1.29, 1.82) is 0 Å². The van der Waals surface area contributed by atoms with Crippen molar-refractivity contribution in [2.24, 2.45) is 0 Å². The molecule has 2 amide bonds. The van der Waals surface area contributed by atoms with E-state index >= 15 is 0 Å². The number of para-hydroxylation sites is 1. The van der Waals surface area contributed by atoms with Crippen molar-refractivity contribution in [2.45, 2.75) is 20.1 Å². The molecule has 8 nitrogen and oxygen atoms in total. The van der Waals surface area contributed by atoms with Crippen molar-refractivity contribution in [3.05, 3.63) is 103 Å². The second kappa shape index (κ2) is 11.4. The number of amides is 2. The minimum Gasteiger partial charge on any atom is -0.490 e. The van der Waals surface area contributed by atoms with Crippen LogP contribution >= 0.6 is 23.4 Å². The number of carbonyl (C=O) groups is 2. The number of benzene rings is 3. The van der Waals surface area contributed by atoms with Gasteiger partial charge in [0, 0.05) is 11.6 Å². The van der Waals surface area contributed by atoms with E-state index < -0.39 is 16.1 Å². The van der Waals surface area contributed by atoms with Crippen LogP contribution in [0.4, 0.5) is 14.9 Å². The third-order valence-corrected chi connectivity index (χ3v) is 6.50. The highest BCUT2D eigenvalue weighted by Crippen LogP contribution is 2.40. The van der Waals surface area contributed by atoms with E-state index in [2.05, 4.69) is 0 Å². The van der Waals surface area contributed by atoms with Gasteiger partial charge in [-0.05, 0) is 60.2 Å². The van der Waals surface area contributed by atoms with Gasteiger partial charge in [-0.15, -0.1) is 0 Å². The van der Waals surface area contributed by atoms with Crippen LogP contribution in [-0.4, -0.2) is 27.6 Å². The first kappa shape index (κ1) is 26.2. The van der Waals surface area contributed by atoms with Gasteiger partial charge in [0.1, 0.15) is 12.4 Å². The Hall–Kier alpha value is -3.89. The highest BCUT2D eigenvalue weighted by molar-refractivity contribution is 8.18. The van der Waals surface area contributed by atoms with Crippen LogP contribution in [0.5, 0.6) is 11.5 Å². The molecule has 0 atom stereocenters. The first-order valence-electron chi connectivity index (χ1n) is 11.1. The summed E-state index contributed by atoms with van der Waals surface area (Å²) in [6, 6.07) is 15.0. The van der Waals surface area contributed by atoms with Crippen LogP contribution in [0.25, 0.3) is 6.08 Å². The Bertz CT molecular complexity index is 1400. The van der Waals surface area contributed by atoms with Gasteiger partial charge in [-0.3, -0.25) is 24.6 Å². The molecule has 11 heteroatoms. The lowest BCUT2D eigenvalue weighted by Crippen LogP contribution is -2.27. The van der Waals surface area contributed by atoms with Crippen molar-refractivity contribution in [2.75, 3.05) is 6.61 Å². The van der Waals surface area contributed by atoms with E-state index in [0.29, 0.717) is 17.9 Å². The molecule has 4 rings (SSSR count). The Morgan fingerprint density at radius 3 is 2.54 bits per heavy atom. The van der Waals surface area contributed by atoms with E-state index in [1.54, 1.807) is 37.3 Å². The van der Waals surface area contributed by atoms with Crippen LogP contribution < -0.4 is 9.47 Å². The van der Waals surface area contributed by atoms with Crippen LogP contribution in [0.15, 0.2) is 65.6 Å². The van der Waals surface area contributed by atoms with Crippen molar-refractivity contribution in [3.63, 3.8) is 0 Å². The summed E-state index contributed by atoms with van der Waals surface area (Å²) in [4.78, 5) is 37.4. The highest BCUT2D eigenvalue weighted by Gasteiger charge is 2.36. The van der Waals surface area contributed by atoms with Crippen LogP contribution in [-0.2, 0) is 17.9 Å². The van der Waals surface area contributed by atoms with Crippen molar-refractivity contribution in [1.82, 2.24) is 4.90 Å². The molecular weight excluding hydrogens is 523 g/mol. The minimum atomic E-state index is -0.570. The zero-order valence-electron chi connectivity index (χ0n) is 19.5. The first-order chi connectivity index (χ1) is 17.8. The summed E-state index contributed by atoms with van der Waals surface area (Å²) in [5.41, 5.74) is 1.31. The van der Waals surface area contributed by atoms with E-state index in [0.717, 1.165) is 22.2 Å². The van der Waals surface area contributed by atoms with E-state index in [-0.39, 0.29) is 45.9 Å². The van der Waals surface area contributed by atoms with Crippen molar-refractivity contribution >= 4 is 46.3 Å². The largest absolute Gasteiger partial charge is 0.490 e. The second-order valence-corrected chi connectivity index (χ2v) is 9.23. The van der Waals surface area contributed by atoms with Crippen molar-refractivity contribution in [3.8, 4) is 11.5 Å². The lowest BCUT2D eigenvalue weighted by molar-refractivity contribution is -0.385. The Morgan fingerprint density at radius 2 is 1.84 bits per heavy atom. The summed E-state index contributed by atoms with van der Waals surface area (Å²) in [5, 5.41) is 11.0. The summed E-state index contributed by atoms with van der Waals surface area (Å²) in [6.45, 7) is 2.02. The highest BCUT2D eigenvalue weighted by atomic mass is 35.5. The lowest BCUT2D eigenvalue weighted by Gasteiger charge is -2.15. The van der Waals surface area contributed by atoms with Gasteiger partial charge in [0.2, 0.25) is 0 Å². The number of nitro benzene ring substituents is 1. The molecular formula is C26H20ClFN2O6S. The Labute approximate surface area is 220 Å². The molecule has 1 aliphatic rings. The maximum Gasteiger partial charge on any atom is 0.293 e. The van der Waals surface area contributed by atoms with Crippen LogP contribution in [0.2, 0.25) is 5.02 Å². The maximum absolute atomic E-state index is 13.2. The molecule has 0 saturated carbocycles. The topological polar surface area (TPSA) is 99.0 Å². The predicted molar refractivity (Wildman–Crippen MR) is 138 cm³/mol. The van der Waals surface area contributed by atoms with E-state index in [1.165, 1.54) is 36.4 Å². The van der Waals surface area contributed by atoms with Gasteiger partial charge in [0.15, 0.2) is 11.5 Å². The lowest BCUT2D eigenvalue weighted by atomic mass is 10.1. The standard InChI is InChI=1S/C26H20ClFN2O6S/c1-2-35-22-12-17(11-20(27)24(22)36-15-16-7-9-19(28)10-8-16)13-23-25(31)29(26(32)37-23)14-18-5-3-4-6-21(18)30(33)34/h3-13H,2,14-15H2,1H3/b23-13-. The van der Waals surface area contributed by atoms with Gasteiger partial charge in [-0.2, -0.15) is 0 Å². The molecule has 1 saturated heterocycles. The monoisotopic (exact) mass is 542 g/mol. The van der Waals surface area contributed by atoms with Gasteiger partial charge < -0.3 is 9.47 Å². The molecule has 37 heavy (non-hydrogen) atoms.